The zero-order valence-corrected chi connectivity index (χ0v) is 16.6. The summed E-state index contributed by atoms with van der Waals surface area (Å²) in [6.45, 7) is 1.60. The molecule has 1 heterocycles. The van der Waals surface area contributed by atoms with Gasteiger partial charge in [0, 0.05) is 29.4 Å². The molecule has 0 fully saturated rings. The Hall–Kier alpha value is -2.63. The van der Waals surface area contributed by atoms with E-state index in [1.165, 1.54) is 16.7 Å². The Bertz CT molecular complexity index is 1000. The largest absolute Gasteiger partial charge is 0.492 e. The van der Waals surface area contributed by atoms with Crippen molar-refractivity contribution in [1.82, 2.24) is 9.47 Å². The second-order valence-electron chi connectivity index (χ2n) is 6.80. The van der Waals surface area contributed by atoms with Crippen LogP contribution in [0.4, 0.5) is 4.39 Å². The molecule has 0 atom stereocenters. The van der Waals surface area contributed by atoms with Gasteiger partial charge in [-0.25, -0.2) is 4.39 Å². The second-order valence-corrected chi connectivity index (χ2v) is 7.23. The molecule has 0 spiro atoms. The molecule has 4 nitrogen and oxygen atoms in total. The van der Waals surface area contributed by atoms with Crippen LogP contribution in [0.2, 0.25) is 5.02 Å². The van der Waals surface area contributed by atoms with E-state index in [2.05, 4.69) is 4.90 Å². The van der Waals surface area contributed by atoms with E-state index in [1.807, 2.05) is 38.4 Å². The van der Waals surface area contributed by atoms with E-state index in [1.54, 1.807) is 24.4 Å². The highest BCUT2D eigenvalue weighted by Gasteiger charge is 2.07. The molecule has 3 rings (SSSR count). The Morgan fingerprint density at radius 2 is 1.75 bits per heavy atom. The predicted octanol–water partition coefficient (Wildman–Crippen LogP) is 4.30. The highest BCUT2D eigenvalue weighted by Crippen LogP contribution is 2.22. The van der Waals surface area contributed by atoms with Gasteiger partial charge in [0.05, 0.1) is 6.54 Å². The van der Waals surface area contributed by atoms with E-state index in [4.69, 9.17) is 16.3 Å². The third-order valence-electron chi connectivity index (χ3n) is 4.33. The van der Waals surface area contributed by atoms with Gasteiger partial charge in [0.25, 0.3) is 5.56 Å². The first-order valence-corrected chi connectivity index (χ1v) is 9.32. The van der Waals surface area contributed by atoms with Crippen LogP contribution in [0.25, 0.3) is 11.1 Å². The summed E-state index contributed by atoms with van der Waals surface area (Å²) in [5, 5.41) is 0.329. The minimum Gasteiger partial charge on any atom is -0.492 e. The second kappa shape index (κ2) is 9.04. The van der Waals surface area contributed by atoms with Crippen molar-refractivity contribution < 1.29 is 9.13 Å². The number of rotatable bonds is 7. The fourth-order valence-electron chi connectivity index (χ4n) is 2.75. The molecule has 1 aromatic heterocycles. The number of hydrogen-bond acceptors (Lipinski definition) is 3. The molecule has 146 valence electrons. The zero-order chi connectivity index (χ0) is 20.1. The highest BCUT2D eigenvalue weighted by atomic mass is 35.5. The van der Waals surface area contributed by atoms with Crippen LogP contribution in [0.1, 0.15) is 5.56 Å². The van der Waals surface area contributed by atoms with Crippen LogP contribution in [-0.2, 0) is 6.54 Å². The lowest BCUT2D eigenvalue weighted by atomic mass is 10.1. The van der Waals surface area contributed by atoms with Gasteiger partial charge in [-0.2, -0.15) is 0 Å². The third-order valence-corrected chi connectivity index (χ3v) is 4.57. The zero-order valence-electron chi connectivity index (χ0n) is 15.9. The summed E-state index contributed by atoms with van der Waals surface area (Å²) >= 11 is 5.80. The highest BCUT2D eigenvalue weighted by molar-refractivity contribution is 6.30. The number of pyridine rings is 1. The van der Waals surface area contributed by atoms with Crippen molar-refractivity contribution in [2.24, 2.45) is 0 Å². The normalized spacial score (nSPS) is 11.0. The van der Waals surface area contributed by atoms with E-state index in [9.17, 15) is 9.18 Å². The first-order valence-electron chi connectivity index (χ1n) is 8.95. The van der Waals surface area contributed by atoms with Crippen molar-refractivity contribution in [1.29, 1.82) is 0 Å². The number of aromatic nitrogens is 1. The van der Waals surface area contributed by atoms with Crippen LogP contribution in [0.3, 0.4) is 0 Å². The van der Waals surface area contributed by atoms with Gasteiger partial charge in [-0.15, -0.1) is 0 Å². The molecule has 0 saturated heterocycles. The van der Waals surface area contributed by atoms with Crippen molar-refractivity contribution in [2.75, 3.05) is 27.2 Å². The molecular weight excluding hydrogens is 379 g/mol. The number of hydrogen-bond donors (Lipinski definition) is 0. The monoisotopic (exact) mass is 400 g/mol. The van der Waals surface area contributed by atoms with Crippen LogP contribution in [-0.4, -0.2) is 36.7 Å². The minimum atomic E-state index is -0.427. The fourth-order valence-corrected chi connectivity index (χ4v) is 2.91. The molecule has 0 aliphatic rings. The Labute approximate surface area is 168 Å². The molecule has 0 aliphatic heterocycles. The predicted molar refractivity (Wildman–Crippen MR) is 111 cm³/mol. The fraction of sp³-hybridized carbons (Fsp3) is 0.227. The number of likely N-dealkylation sites (N-methyl/N-ethyl adjacent to an activating group) is 1. The summed E-state index contributed by atoms with van der Waals surface area (Å²) < 4.78 is 21.3. The Morgan fingerprint density at radius 3 is 2.43 bits per heavy atom. The summed E-state index contributed by atoms with van der Waals surface area (Å²) in [6, 6.07) is 15.4. The van der Waals surface area contributed by atoms with Crippen molar-refractivity contribution >= 4 is 11.6 Å². The number of benzene rings is 2. The van der Waals surface area contributed by atoms with Crippen LogP contribution in [0.15, 0.2) is 65.6 Å². The van der Waals surface area contributed by atoms with E-state index >= 15 is 0 Å². The van der Waals surface area contributed by atoms with Gasteiger partial charge in [0.15, 0.2) is 0 Å². The lowest BCUT2D eigenvalue weighted by Gasteiger charge is -2.12. The minimum absolute atomic E-state index is 0.140. The summed E-state index contributed by atoms with van der Waals surface area (Å²) in [4.78, 5) is 14.3. The quantitative estimate of drug-likeness (QED) is 0.593. The van der Waals surface area contributed by atoms with E-state index < -0.39 is 5.82 Å². The van der Waals surface area contributed by atoms with Crippen molar-refractivity contribution in [2.45, 2.75) is 6.54 Å². The molecule has 0 N–H and O–H groups in total. The maximum absolute atomic E-state index is 14.1. The molecule has 2 aromatic carbocycles. The third kappa shape index (κ3) is 5.21. The van der Waals surface area contributed by atoms with Crippen LogP contribution in [0.5, 0.6) is 5.75 Å². The van der Waals surface area contributed by atoms with E-state index in [-0.39, 0.29) is 12.1 Å². The van der Waals surface area contributed by atoms with Gasteiger partial charge < -0.3 is 14.2 Å². The number of nitrogens with zero attached hydrogens (tertiary/aromatic N) is 2. The van der Waals surface area contributed by atoms with Crippen LogP contribution < -0.4 is 10.3 Å². The first-order chi connectivity index (χ1) is 13.4. The molecule has 6 heteroatoms. The van der Waals surface area contributed by atoms with Gasteiger partial charge in [0.1, 0.15) is 18.2 Å². The molecule has 0 unspecified atom stereocenters. The van der Waals surface area contributed by atoms with Gasteiger partial charge in [0.2, 0.25) is 0 Å². The maximum atomic E-state index is 14.1. The Balaban J connectivity index is 1.78. The average molecular weight is 401 g/mol. The molecule has 0 bridgehead atoms. The first kappa shape index (κ1) is 20.1. The topological polar surface area (TPSA) is 34.5 Å². The molecule has 0 radical (unpaired) electrons. The van der Waals surface area contributed by atoms with E-state index in [0.29, 0.717) is 17.2 Å². The lowest BCUT2D eigenvalue weighted by molar-refractivity contribution is 0.261. The number of ether oxygens (including phenoxy) is 1. The molecular formula is C22H22ClFN2O2. The average Bonchev–Trinajstić information content (AvgIpc) is 2.66. The Kier molecular flexibility index (Phi) is 6.49. The van der Waals surface area contributed by atoms with Crippen LogP contribution >= 0.6 is 11.6 Å². The molecule has 0 amide bonds. The van der Waals surface area contributed by atoms with Gasteiger partial charge in [-0.1, -0.05) is 29.8 Å². The van der Waals surface area contributed by atoms with Crippen molar-refractivity contribution in [3.63, 3.8) is 0 Å². The number of halogens is 2. The van der Waals surface area contributed by atoms with Crippen LogP contribution in [0, 0.1) is 5.82 Å². The summed E-state index contributed by atoms with van der Waals surface area (Å²) in [5.74, 6) is 0.367. The van der Waals surface area contributed by atoms with Crippen molar-refractivity contribution in [3.05, 3.63) is 87.6 Å². The SMILES string of the molecule is CN(C)CCOc1ccc(-c2ccc(=O)n(Cc3ccc(Cl)cc3F)c2)cc1. The lowest BCUT2D eigenvalue weighted by Crippen LogP contribution is -2.19. The maximum Gasteiger partial charge on any atom is 0.250 e. The molecule has 0 aliphatic carbocycles. The summed E-state index contributed by atoms with van der Waals surface area (Å²) in [5.41, 5.74) is 2.04. The molecule has 0 saturated carbocycles. The van der Waals surface area contributed by atoms with Gasteiger partial charge >= 0.3 is 0 Å². The standard InChI is InChI=1S/C22H22ClFN2O2/c1-25(2)11-12-28-20-8-4-16(5-9-20)17-6-10-22(27)26(14-17)15-18-3-7-19(23)13-21(18)24/h3-10,13-14H,11-12,15H2,1-2H3. The van der Waals surface area contributed by atoms with Crippen molar-refractivity contribution in [3.8, 4) is 16.9 Å². The smallest absolute Gasteiger partial charge is 0.250 e. The van der Waals surface area contributed by atoms with E-state index in [0.717, 1.165) is 23.4 Å². The molecule has 28 heavy (non-hydrogen) atoms. The summed E-state index contributed by atoms with van der Waals surface area (Å²) in [7, 11) is 3.99. The van der Waals surface area contributed by atoms with Gasteiger partial charge in [-0.3, -0.25) is 4.79 Å². The Morgan fingerprint density at radius 1 is 1.04 bits per heavy atom. The molecule has 3 aromatic rings. The summed E-state index contributed by atoms with van der Waals surface area (Å²) in [6.07, 6.45) is 1.73. The van der Waals surface area contributed by atoms with Gasteiger partial charge in [-0.05, 0) is 55.6 Å².